The van der Waals surface area contributed by atoms with E-state index in [0.717, 1.165) is 22.3 Å². The minimum absolute atomic E-state index is 0.0218. The van der Waals surface area contributed by atoms with E-state index in [9.17, 15) is 18.1 Å². The van der Waals surface area contributed by atoms with E-state index in [4.69, 9.17) is 23.3 Å². The Morgan fingerprint density at radius 1 is 0.977 bits per heavy atom. The smallest absolute Gasteiger partial charge is 0.475 e. The number of carbonyl (C=O) groups excluding carboxylic acids is 1. The molecule has 0 spiro atoms. The molecule has 12 heteroatoms. The van der Waals surface area contributed by atoms with Gasteiger partial charge in [-0.05, 0) is 61.7 Å². The number of nitrogens with zero attached hydrogens (tertiary/aromatic N) is 2. The second-order valence-electron chi connectivity index (χ2n) is 10.1. The van der Waals surface area contributed by atoms with Crippen LogP contribution in [-0.2, 0) is 30.8 Å². The molecule has 1 heterocycles. The van der Waals surface area contributed by atoms with Gasteiger partial charge >= 0.3 is 7.82 Å². The van der Waals surface area contributed by atoms with Crippen molar-refractivity contribution >= 4 is 19.4 Å². The molecule has 234 valence electrons. The van der Waals surface area contributed by atoms with Crippen molar-refractivity contribution in [3.05, 3.63) is 88.7 Å². The van der Waals surface area contributed by atoms with E-state index in [1.54, 1.807) is 18.6 Å². The van der Waals surface area contributed by atoms with E-state index < -0.39 is 19.7 Å². The number of aromatic nitrogens is 2. The van der Waals surface area contributed by atoms with E-state index in [-0.39, 0.29) is 30.1 Å². The largest absolute Gasteiger partial charge is 0.496 e. The van der Waals surface area contributed by atoms with Gasteiger partial charge in [0.1, 0.15) is 24.0 Å². The number of nitrogens with one attached hydrogen (secondary N) is 1. The van der Waals surface area contributed by atoms with E-state index in [0.29, 0.717) is 22.8 Å². The first kappa shape index (κ1) is 33.0. The van der Waals surface area contributed by atoms with Crippen molar-refractivity contribution in [2.75, 3.05) is 26.6 Å². The Balaban J connectivity index is 1.85. The molecule has 0 aliphatic heterocycles. The zero-order valence-electron chi connectivity index (χ0n) is 25.7. The summed E-state index contributed by atoms with van der Waals surface area (Å²) in [5.41, 5.74) is 4.69. The molecular formula is C32H36F2N3O6P. The Hall–Kier alpha value is -3.89. The molecule has 0 unspecified atom stereocenters. The Labute approximate surface area is 255 Å². The van der Waals surface area contributed by atoms with Gasteiger partial charge < -0.3 is 14.6 Å². The van der Waals surface area contributed by atoms with Gasteiger partial charge in [0.25, 0.3) is 11.8 Å². The SMILES string of the molecule is CCC(F)(F)c1cccc(NC(=O)c2nc(-c3ccc(OC)c(-c4ccccc4C)c3C)n(COP(=O)(OC)OC)c2C)c1. The number of alkyl halides is 2. The number of aryl methyl sites for hydroxylation is 1. The number of rotatable bonds is 12. The molecule has 0 saturated heterocycles. The minimum Gasteiger partial charge on any atom is -0.496 e. The fraction of sp³-hybridized carbons (Fsp3) is 0.312. The molecule has 0 aliphatic carbocycles. The van der Waals surface area contributed by atoms with Crippen LogP contribution in [0.15, 0.2) is 60.7 Å². The van der Waals surface area contributed by atoms with Crippen LogP contribution in [-0.4, -0.2) is 36.8 Å². The number of benzene rings is 3. The molecule has 0 bridgehead atoms. The molecule has 0 fully saturated rings. The molecule has 1 aromatic heterocycles. The number of phosphoric acid groups is 1. The highest BCUT2D eigenvalue weighted by Crippen LogP contribution is 2.48. The number of carbonyl (C=O) groups is 1. The quantitative estimate of drug-likeness (QED) is 0.158. The molecule has 9 nitrogen and oxygen atoms in total. The molecule has 0 radical (unpaired) electrons. The van der Waals surface area contributed by atoms with Gasteiger partial charge in [0.05, 0.1) is 12.8 Å². The molecule has 0 atom stereocenters. The molecule has 0 aliphatic rings. The summed E-state index contributed by atoms with van der Waals surface area (Å²) >= 11 is 0. The average molecular weight is 628 g/mol. The first-order valence-corrected chi connectivity index (χ1v) is 15.3. The highest BCUT2D eigenvalue weighted by molar-refractivity contribution is 7.48. The lowest BCUT2D eigenvalue weighted by molar-refractivity contribution is -0.00825. The highest BCUT2D eigenvalue weighted by atomic mass is 31.2. The van der Waals surface area contributed by atoms with Gasteiger partial charge in [-0.25, -0.2) is 18.3 Å². The second kappa shape index (κ2) is 13.4. The van der Waals surface area contributed by atoms with Crippen LogP contribution in [0.4, 0.5) is 14.5 Å². The molecule has 44 heavy (non-hydrogen) atoms. The van der Waals surface area contributed by atoms with Crippen molar-refractivity contribution in [1.29, 1.82) is 0 Å². The Morgan fingerprint density at radius 3 is 2.32 bits per heavy atom. The Kier molecular flexibility index (Phi) is 10.1. The van der Waals surface area contributed by atoms with Crippen LogP contribution < -0.4 is 10.1 Å². The predicted octanol–water partition coefficient (Wildman–Crippen LogP) is 8.28. The van der Waals surface area contributed by atoms with Crippen molar-refractivity contribution in [3.63, 3.8) is 0 Å². The van der Waals surface area contributed by atoms with Gasteiger partial charge in [-0.15, -0.1) is 0 Å². The van der Waals surface area contributed by atoms with Crippen LogP contribution in [0.1, 0.15) is 46.2 Å². The van der Waals surface area contributed by atoms with E-state index in [1.807, 2.05) is 50.2 Å². The number of ether oxygens (including phenoxy) is 1. The van der Waals surface area contributed by atoms with Crippen LogP contribution in [0.5, 0.6) is 5.75 Å². The van der Waals surface area contributed by atoms with Gasteiger partial charge in [0.2, 0.25) is 0 Å². The van der Waals surface area contributed by atoms with Gasteiger partial charge in [-0.2, -0.15) is 0 Å². The first-order valence-electron chi connectivity index (χ1n) is 13.9. The summed E-state index contributed by atoms with van der Waals surface area (Å²) in [6.07, 6.45) is -0.379. The molecular weight excluding hydrogens is 591 g/mol. The fourth-order valence-electron chi connectivity index (χ4n) is 4.93. The number of hydrogen-bond donors (Lipinski definition) is 1. The Bertz CT molecular complexity index is 1710. The summed E-state index contributed by atoms with van der Waals surface area (Å²) in [5.74, 6) is -2.67. The zero-order valence-corrected chi connectivity index (χ0v) is 26.6. The Morgan fingerprint density at radius 2 is 1.68 bits per heavy atom. The standard InChI is InChI=1S/C32H36F2N3O6P/c1-8-32(33,34)23-13-11-14-24(18-23)35-31(38)29-22(4)37(19-43-44(39,41-6)42-7)30(36-29)26-16-17-27(40-5)28(21(26)3)25-15-10-9-12-20(25)2/h9-18H,8,19H2,1-7H3,(H,35,38). The molecule has 1 amide bonds. The molecule has 1 N–H and O–H groups in total. The molecule has 3 aromatic carbocycles. The lowest BCUT2D eigenvalue weighted by Gasteiger charge is -2.19. The van der Waals surface area contributed by atoms with Gasteiger partial charge in [-0.3, -0.25) is 18.4 Å². The van der Waals surface area contributed by atoms with Crippen molar-refractivity contribution < 1.29 is 36.4 Å². The number of amides is 1. The van der Waals surface area contributed by atoms with Crippen LogP contribution >= 0.6 is 7.82 Å². The maximum Gasteiger partial charge on any atom is 0.475 e. The lowest BCUT2D eigenvalue weighted by Crippen LogP contribution is -2.16. The number of halogens is 2. The first-order chi connectivity index (χ1) is 20.9. The summed E-state index contributed by atoms with van der Waals surface area (Å²) in [4.78, 5) is 18.3. The average Bonchev–Trinajstić information content (AvgIpc) is 3.35. The summed E-state index contributed by atoms with van der Waals surface area (Å²) in [6.45, 7) is 6.64. The fourth-order valence-corrected chi connectivity index (χ4v) is 5.54. The highest BCUT2D eigenvalue weighted by Gasteiger charge is 2.30. The van der Waals surface area contributed by atoms with Crippen LogP contribution in [0, 0.1) is 20.8 Å². The van der Waals surface area contributed by atoms with Gasteiger partial charge in [0, 0.05) is 43.0 Å². The van der Waals surface area contributed by atoms with Gasteiger partial charge in [-0.1, -0.05) is 43.3 Å². The third kappa shape index (κ3) is 6.61. The maximum atomic E-state index is 14.4. The normalized spacial score (nSPS) is 11.9. The second-order valence-corrected chi connectivity index (χ2v) is 12.0. The van der Waals surface area contributed by atoms with Crippen molar-refractivity contribution in [2.45, 2.75) is 46.8 Å². The number of anilines is 1. The van der Waals surface area contributed by atoms with E-state index >= 15 is 0 Å². The van der Waals surface area contributed by atoms with Crippen molar-refractivity contribution in [3.8, 4) is 28.3 Å². The summed E-state index contributed by atoms with van der Waals surface area (Å²) in [6, 6.07) is 17.1. The third-order valence-corrected chi connectivity index (χ3v) is 8.84. The number of imidazole rings is 1. The van der Waals surface area contributed by atoms with Crippen molar-refractivity contribution in [2.24, 2.45) is 0 Å². The van der Waals surface area contributed by atoms with Crippen LogP contribution in [0.3, 0.4) is 0 Å². The molecule has 4 rings (SSSR count). The van der Waals surface area contributed by atoms with E-state index in [2.05, 4.69) is 5.32 Å². The van der Waals surface area contributed by atoms with Crippen LogP contribution in [0.25, 0.3) is 22.5 Å². The third-order valence-electron chi connectivity index (χ3n) is 7.52. The van der Waals surface area contributed by atoms with E-state index in [1.165, 1.54) is 45.4 Å². The van der Waals surface area contributed by atoms with Crippen molar-refractivity contribution in [1.82, 2.24) is 9.55 Å². The van der Waals surface area contributed by atoms with Crippen LogP contribution in [0.2, 0.25) is 0 Å². The summed E-state index contributed by atoms with van der Waals surface area (Å²) < 4.78 is 64.2. The molecule has 0 saturated carbocycles. The van der Waals surface area contributed by atoms with Gasteiger partial charge in [0.15, 0.2) is 0 Å². The number of methoxy groups -OCH3 is 1. The minimum atomic E-state index is -3.90. The topological polar surface area (TPSA) is 101 Å². The number of hydrogen-bond acceptors (Lipinski definition) is 7. The number of phosphoric ester groups is 1. The summed E-state index contributed by atoms with van der Waals surface area (Å²) in [5, 5.41) is 2.69. The molecule has 4 aromatic rings. The zero-order chi connectivity index (χ0) is 32.2. The lowest BCUT2D eigenvalue weighted by atomic mass is 9.92. The predicted molar refractivity (Wildman–Crippen MR) is 165 cm³/mol. The maximum absolute atomic E-state index is 14.4. The summed E-state index contributed by atoms with van der Waals surface area (Å²) in [7, 11) is 0.0880. The monoisotopic (exact) mass is 627 g/mol.